The van der Waals surface area contributed by atoms with Crippen LogP contribution in [0.1, 0.15) is 28.2 Å². The number of aryl methyl sites for hydroxylation is 1. The number of carbonyl (C=O) groups excluding carboxylic acids is 2. The smallest absolute Gasteiger partial charge is 0.317 e. The Hall–Kier alpha value is -2.44. The summed E-state index contributed by atoms with van der Waals surface area (Å²) in [4.78, 5) is 23.8. The van der Waals surface area contributed by atoms with E-state index in [1.807, 2.05) is 0 Å². The maximum atomic E-state index is 13.1. The van der Waals surface area contributed by atoms with Crippen molar-refractivity contribution in [3.05, 3.63) is 53.1 Å². The first kappa shape index (κ1) is 16.4. The fourth-order valence-corrected chi connectivity index (χ4v) is 3.15. The molecular formula is C17H13F4NO2. The van der Waals surface area contributed by atoms with Gasteiger partial charge in [0.2, 0.25) is 5.78 Å². The van der Waals surface area contributed by atoms with Gasteiger partial charge in [-0.25, -0.2) is 4.39 Å². The molecule has 1 heterocycles. The molecule has 0 aliphatic heterocycles. The van der Waals surface area contributed by atoms with E-state index in [9.17, 15) is 27.2 Å². The zero-order valence-electron chi connectivity index (χ0n) is 12.7. The first-order valence-electron chi connectivity index (χ1n) is 7.32. The summed E-state index contributed by atoms with van der Waals surface area (Å²) < 4.78 is 52.7. The molecule has 1 aliphatic rings. The first-order chi connectivity index (χ1) is 11.2. The fraction of sp³-hybridized carbons (Fsp3) is 0.294. The zero-order valence-corrected chi connectivity index (χ0v) is 12.7. The highest BCUT2D eigenvalue weighted by molar-refractivity contribution is 6.13. The molecule has 0 N–H and O–H groups in total. The van der Waals surface area contributed by atoms with Crippen molar-refractivity contribution in [2.45, 2.75) is 25.9 Å². The maximum absolute atomic E-state index is 13.1. The van der Waals surface area contributed by atoms with Crippen LogP contribution in [-0.4, -0.2) is 22.3 Å². The molecule has 1 aromatic heterocycles. The highest BCUT2D eigenvalue weighted by Gasteiger charge is 2.48. The molecule has 0 spiro atoms. The number of rotatable bonds is 2. The van der Waals surface area contributed by atoms with Crippen molar-refractivity contribution < 1.29 is 27.2 Å². The molecule has 24 heavy (non-hydrogen) atoms. The van der Waals surface area contributed by atoms with E-state index >= 15 is 0 Å². The third kappa shape index (κ3) is 2.64. The highest BCUT2D eigenvalue weighted by Crippen LogP contribution is 2.34. The van der Waals surface area contributed by atoms with Crippen LogP contribution < -0.4 is 0 Å². The van der Waals surface area contributed by atoms with Gasteiger partial charge in [0.05, 0.1) is 5.92 Å². The summed E-state index contributed by atoms with van der Waals surface area (Å²) in [5, 5.41) is 0. The van der Waals surface area contributed by atoms with Gasteiger partial charge in [-0.15, -0.1) is 0 Å². The van der Waals surface area contributed by atoms with Crippen LogP contribution in [0.4, 0.5) is 17.6 Å². The Labute approximate surface area is 134 Å². The zero-order chi connectivity index (χ0) is 17.6. The Balaban J connectivity index is 2.03. The monoisotopic (exact) mass is 339 g/mol. The standard InChI is InChI=1S/C17H13F4NO2/c1-9-8-13-14(22(9)11-4-2-10(18)3-5-11)7-6-12(15(13)23)16(24)17(19,20)21/h2-5,8,12H,6-7H2,1H3. The van der Waals surface area contributed by atoms with Crippen LogP contribution in [0, 0.1) is 18.7 Å². The number of aromatic nitrogens is 1. The molecule has 1 atom stereocenters. The van der Waals surface area contributed by atoms with Crippen molar-refractivity contribution in [2.24, 2.45) is 5.92 Å². The molecule has 1 unspecified atom stereocenters. The van der Waals surface area contributed by atoms with E-state index in [1.165, 1.54) is 30.3 Å². The molecule has 126 valence electrons. The number of benzene rings is 1. The first-order valence-corrected chi connectivity index (χ1v) is 7.32. The number of hydrogen-bond acceptors (Lipinski definition) is 2. The molecule has 0 saturated heterocycles. The van der Waals surface area contributed by atoms with Gasteiger partial charge in [0, 0.05) is 22.6 Å². The lowest BCUT2D eigenvalue weighted by atomic mass is 9.83. The highest BCUT2D eigenvalue weighted by atomic mass is 19.4. The number of nitrogens with zero attached hydrogens (tertiary/aromatic N) is 1. The average Bonchev–Trinajstić information content (AvgIpc) is 2.84. The number of ketones is 2. The van der Waals surface area contributed by atoms with Gasteiger partial charge in [-0.05, 0) is 50.1 Å². The third-order valence-corrected chi connectivity index (χ3v) is 4.22. The summed E-state index contributed by atoms with van der Waals surface area (Å²) in [6.07, 6.45) is -5.04. The van der Waals surface area contributed by atoms with E-state index in [2.05, 4.69) is 0 Å². The summed E-state index contributed by atoms with van der Waals surface area (Å²) in [5.41, 5.74) is 1.93. The second-order valence-corrected chi connectivity index (χ2v) is 5.78. The van der Waals surface area contributed by atoms with Gasteiger partial charge < -0.3 is 4.57 Å². The minimum atomic E-state index is -5.02. The molecule has 3 rings (SSSR count). The van der Waals surface area contributed by atoms with Crippen LogP contribution in [0.3, 0.4) is 0 Å². The molecule has 0 saturated carbocycles. The number of carbonyl (C=O) groups is 2. The quantitative estimate of drug-likeness (QED) is 0.617. The molecule has 2 aromatic rings. The molecular weight excluding hydrogens is 326 g/mol. The lowest BCUT2D eigenvalue weighted by Crippen LogP contribution is -2.38. The Morgan fingerprint density at radius 1 is 1.21 bits per heavy atom. The van der Waals surface area contributed by atoms with E-state index in [1.54, 1.807) is 11.5 Å². The summed E-state index contributed by atoms with van der Waals surface area (Å²) in [5.74, 6) is -4.89. The van der Waals surface area contributed by atoms with Gasteiger partial charge in [-0.3, -0.25) is 9.59 Å². The summed E-state index contributed by atoms with van der Waals surface area (Å²) in [6.45, 7) is 1.70. The van der Waals surface area contributed by atoms with E-state index in [0.29, 0.717) is 17.1 Å². The van der Waals surface area contributed by atoms with E-state index < -0.39 is 29.5 Å². The third-order valence-electron chi connectivity index (χ3n) is 4.22. The Kier molecular flexibility index (Phi) is 3.81. The summed E-state index contributed by atoms with van der Waals surface area (Å²) in [6, 6.07) is 7.07. The van der Waals surface area contributed by atoms with Crippen LogP contribution in [-0.2, 0) is 11.2 Å². The molecule has 1 aliphatic carbocycles. The van der Waals surface area contributed by atoms with Crippen LogP contribution in [0.5, 0.6) is 0 Å². The van der Waals surface area contributed by atoms with Crippen LogP contribution in [0.15, 0.2) is 30.3 Å². The van der Waals surface area contributed by atoms with Crippen molar-refractivity contribution in [3.63, 3.8) is 0 Å². The molecule has 0 fully saturated rings. The van der Waals surface area contributed by atoms with Gasteiger partial charge >= 0.3 is 6.18 Å². The summed E-state index contributed by atoms with van der Waals surface area (Å²) in [7, 11) is 0. The molecule has 1 aromatic carbocycles. The number of hydrogen-bond donors (Lipinski definition) is 0. The summed E-state index contributed by atoms with van der Waals surface area (Å²) >= 11 is 0. The predicted octanol–water partition coefficient (Wildman–Crippen LogP) is 3.80. The van der Waals surface area contributed by atoms with E-state index in [0.717, 1.165) is 0 Å². The fourth-order valence-electron chi connectivity index (χ4n) is 3.15. The minimum absolute atomic E-state index is 0.130. The van der Waals surface area contributed by atoms with Crippen molar-refractivity contribution >= 4 is 11.6 Å². The van der Waals surface area contributed by atoms with Crippen molar-refractivity contribution in [3.8, 4) is 5.69 Å². The number of fused-ring (bicyclic) bond motifs is 1. The lowest BCUT2D eigenvalue weighted by Gasteiger charge is -2.22. The molecule has 0 radical (unpaired) electrons. The van der Waals surface area contributed by atoms with E-state index in [4.69, 9.17) is 0 Å². The van der Waals surface area contributed by atoms with Gasteiger partial charge in [-0.2, -0.15) is 13.2 Å². The maximum Gasteiger partial charge on any atom is 0.450 e. The molecule has 7 heteroatoms. The lowest BCUT2D eigenvalue weighted by molar-refractivity contribution is -0.174. The number of halogens is 4. The van der Waals surface area contributed by atoms with Crippen molar-refractivity contribution in [1.29, 1.82) is 0 Å². The topological polar surface area (TPSA) is 39.1 Å². The predicted molar refractivity (Wildman–Crippen MR) is 77.7 cm³/mol. The number of Topliss-reactive ketones (excluding diaryl/α,β-unsaturated/α-hetero) is 2. The van der Waals surface area contributed by atoms with Gasteiger partial charge in [0.15, 0.2) is 5.78 Å². The van der Waals surface area contributed by atoms with Crippen LogP contribution >= 0.6 is 0 Å². The van der Waals surface area contributed by atoms with Crippen molar-refractivity contribution in [1.82, 2.24) is 4.57 Å². The van der Waals surface area contributed by atoms with Crippen molar-refractivity contribution in [2.75, 3.05) is 0 Å². The second kappa shape index (κ2) is 5.58. The normalized spacial score (nSPS) is 17.7. The molecule has 0 amide bonds. The average molecular weight is 339 g/mol. The second-order valence-electron chi connectivity index (χ2n) is 5.78. The molecule has 0 bridgehead atoms. The van der Waals surface area contributed by atoms with Crippen LogP contribution in [0.2, 0.25) is 0 Å². The van der Waals surface area contributed by atoms with Gasteiger partial charge in [0.1, 0.15) is 5.82 Å². The number of alkyl halides is 3. The largest absolute Gasteiger partial charge is 0.450 e. The SMILES string of the molecule is Cc1cc2c(n1-c1ccc(F)cc1)CCC(C(=O)C(F)(F)F)C2=O. The van der Waals surface area contributed by atoms with Crippen LogP contribution in [0.25, 0.3) is 5.69 Å². The minimum Gasteiger partial charge on any atom is -0.317 e. The van der Waals surface area contributed by atoms with Gasteiger partial charge in [0.25, 0.3) is 0 Å². The van der Waals surface area contributed by atoms with Gasteiger partial charge in [-0.1, -0.05) is 0 Å². The van der Waals surface area contributed by atoms with E-state index in [-0.39, 0.29) is 18.4 Å². The Morgan fingerprint density at radius 3 is 2.42 bits per heavy atom. The Bertz CT molecular complexity index is 818. The molecule has 3 nitrogen and oxygen atoms in total. The Morgan fingerprint density at radius 2 is 1.83 bits per heavy atom.